The number of aryl methyl sites for hydroxylation is 2. The summed E-state index contributed by atoms with van der Waals surface area (Å²) in [5.41, 5.74) is 1.44. The first kappa shape index (κ1) is 21.2. The number of carbonyl (C=O) groups is 1. The van der Waals surface area contributed by atoms with E-state index in [1.807, 2.05) is 6.07 Å². The molecule has 0 spiro atoms. The first-order valence-electron chi connectivity index (χ1n) is 9.19. The van der Waals surface area contributed by atoms with E-state index in [9.17, 15) is 18.7 Å². The zero-order valence-corrected chi connectivity index (χ0v) is 16.4. The molecule has 0 bridgehead atoms. The van der Waals surface area contributed by atoms with Crippen molar-refractivity contribution in [2.45, 2.75) is 32.9 Å². The van der Waals surface area contributed by atoms with Crippen molar-refractivity contribution in [2.24, 2.45) is 0 Å². The molecule has 3 aromatic rings. The van der Waals surface area contributed by atoms with E-state index in [4.69, 9.17) is 10.00 Å². The van der Waals surface area contributed by atoms with Crippen molar-refractivity contribution < 1.29 is 23.4 Å². The highest BCUT2D eigenvalue weighted by atomic mass is 19.1. The number of hydrogen-bond donors (Lipinski definition) is 2. The first-order chi connectivity index (χ1) is 14.3. The average Bonchev–Trinajstić information content (AvgIpc) is 3.02. The molecule has 0 saturated heterocycles. The number of nitrogens with one attached hydrogen (secondary N) is 1. The number of aromatic nitrogens is 2. The Labute approximate surface area is 171 Å². The van der Waals surface area contributed by atoms with Gasteiger partial charge in [0.2, 0.25) is 0 Å². The maximum Gasteiger partial charge on any atom is 0.270 e. The van der Waals surface area contributed by atoms with Crippen LogP contribution in [0.3, 0.4) is 0 Å². The van der Waals surface area contributed by atoms with E-state index >= 15 is 0 Å². The molecule has 1 amide bonds. The Morgan fingerprint density at radius 1 is 1.37 bits per heavy atom. The molecule has 0 aliphatic rings. The predicted octanol–water partition coefficient (Wildman–Crippen LogP) is 2.81. The Balaban J connectivity index is 1.96. The Morgan fingerprint density at radius 2 is 2.07 bits per heavy atom. The van der Waals surface area contributed by atoms with Crippen molar-refractivity contribution in [1.29, 1.82) is 5.26 Å². The van der Waals surface area contributed by atoms with Gasteiger partial charge in [0.15, 0.2) is 11.4 Å². The minimum Gasteiger partial charge on any atom is -0.485 e. The molecule has 0 radical (unpaired) electrons. The van der Waals surface area contributed by atoms with Crippen molar-refractivity contribution in [2.75, 3.05) is 6.61 Å². The van der Waals surface area contributed by atoms with Gasteiger partial charge in [-0.15, -0.1) is 0 Å². The summed E-state index contributed by atoms with van der Waals surface area (Å²) in [6.07, 6.45) is 1.64. The molecule has 0 saturated carbocycles. The summed E-state index contributed by atoms with van der Waals surface area (Å²) < 4.78 is 35.0. The second kappa shape index (κ2) is 8.88. The molecule has 30 heavy (non-hydrogen) atoms. The minimum absolute atomic E-state index is 0.0420. The van der Waals surface area contributed by atoms with Crippen molar-refractivity contribution in [3.05, 3.63) is 64.6 Å². The lowest BCUT2D eigenvalue weighted by Gasteiger charge is -2.14. The molecular formula is C21H20F2N4O3. The van der Waals surface area contributed by atoms with E-state index in [-0.39, 0.29) is 36.6 Å². The molecule has 3 rings (SSSR count). The molecule has 0 aliphatic carbocycles. The second-order valence-electron chi connectivity index (χ2n) is 6.83. The molecule has 2 N–H and O–H groups in total. The number of nitriles is 1. The van der Waals surface area contributed by atoms with Gasteiger partial charge in [-0.25, -0.2) is 13.8 Å². The molecule has 1 unspecified atom stereocenters. The number of aliphatic hydroxyl groups excluding tert-OH is 1. The van der Waals surface area contributed by atoms with E-state index in [2.05, 4.69) is 10.3 Å². The molecule has 9 heteroatoms. The van der Waals surface area contributed by atoms with E-state index < -0.39 is 23.6 Å². The zero-order valence-electron chi connectivity index (χ0n) is 16.4. The maximum atomic E-state index is 13.9. The van der Waals surface area contributed by atoms with Crippen molar-refractivity contribution >= 4 is 11.6 Å². The summed E-state index contributed by atoms with van der Waals surface area (Å²) in [6.45, 7) is 2.69. The van der Waals surface area contributed by atoms with Gasteiger partial charge in [0.25, 0.3) is 5.91 Å². The van der Waals surface area contributed by atoms with Gasteiger partial charge in [0, 0.05) is 6.20 Å². The van der Waals surface area contributed by atoms with Crippen molar-refractivity contribution in [1.82, 2.24) is 14.7 Å². The van der Waals surface area contributed by atoms with Crippen LogP contribution in [0.5, 0.6) is 5.75 Å². The minimum atomic E-state index is -0.717. The van der Waals surface area contributed by atoms with Gasteiger partial charge in [0.1, 0.15) is 23.9 Å². The van der Waals surface area contributed by atoms with E-state index in [0.717, 1.165) is 17.7 Å². The van der Waals surface area contributed by atoms with Crippen LogP contribution in [0.25, 0.3) is 5.65 Å². The number of fused-ring (bicyclic) bond motifs is 1. The summed E-state index contributed by atoms with van der Waals surface area (Å²) in [5, 5.41) is 20.7. The largest absolute Gasteiger partial charge is 0.485 e. The molecule has 0 aliphatic heterocycles. The van der Waals surface area contributed by atoms with Gasteiger partial charge in [-0.05, 0) is 37.6 Å². The van der Waals surface area contributed by atoms with Crippen LogP contribution in [-0.4, -0.2) is 33.0 Å². The number of ether oxygens (including phenoxy) is 1. The molecule has 156 valence electrons. The third kappa shape index (κ3) is 4.23. The van der Waals surface area contributed by atoms with Crippen LogP contribution in [0.15, 0.2) is 30.5 Å². The number of nitrogens with zero attached hydrogens (tertiary/aromatic N) is 3. The highest BCUT2D eigenvalue weighted by Gasteiger charge is 2.22. The normalized spacial score (nSPS) is 11.9. The number of halogens is 2. The Kier molecular flexibility index (Phi) is 6.28. The highest BCUT2D eigenvalue weighted by molar-refractivity contribution is 5.95. The Morgan fingerprint density at radius 3 is 2.70 bits per heavy atom. The monoisotopic (exact) mass is 414 g/mol. The van der Waals surface area contributed by atoms with Crippen LogP contribution >= 0.6 is 0 Å². The number of aliphatic hydroxyl groups is 1. The lowest BCUT2D eigenvalue weighted by Crippen LogP contribution is -2.38. The zero-order chi connectivity index (χ0) is 21.8. The Hall–Kier alpha value is -3.51. The van der Waals surface area contributed by atoms with Gasteiger partial charge >= 0.3 is 0 Å². The van der Waals surface area contributed by atoms with Crippen molar-refractivity contribution in [3.8, 4) is 11.8 Å². The van der Waals surface area contributed by atoms with Crippen LogP contribution in [0.4, 0.5) is 8.78 Å². The fourth-order valence-electron chi connectivity index (χ4n) is 3.08. The highest BCUT2D eigenvalue weighted by Crippen LogP contribution is 2.26. The van der Waals surface area contributed by atoms with Gasteiger partial charge in [-0.3, -0.25) is 9.20 Å². The fraction of sp³-hybridized carbons (Fsp3) is 0.286. The quantitative estimate of drug-likeness (QED) is 0.619. The summed E-state index contributed by atoms with van der Waals surface area (Å²) >= 11 is 0. The van der Waals surface area contributed by atoms with Gasteiger partial charge in [-0.1, -0.05) is 6.07 Å². The number of benzene rings is 1. The topological polar surface area (TPSA) is 99.7 Å². The number of imidazole rings is 1. The first-order valence-corrected chi connectivity index (χ1v) is 9.19. The second-order valence-corrected chi connectivity index (χ2v) is 6.83. The predicted molar refractivity (Wildman–Crippen MR) is 104 cm³/mol. The van der Waals surface area contributed by atoms with Crippen LogP contribution in [0.2, 0.25) is 0 Å². The maximum absolute atomic E-state index is 13.9. The molecule has 2 heterocycles. The SMILES string of the molecule is Cc1cc(OCc2c(F)cccc2F)c2nc(C)c(C(=O)NC(CO)CC#N)n2c1. The number of carbonyl (C=O) groups excluding carboxylic acids is 1. The average molecular weight is 414 g/mol. The van der Waals surface area contributed by atoms with E-state index in [1.165, 1.54) is 10.5 Å². The number of amides is 1. The number of rotatable bonds is 7. The van der Waals surface area contributed by atoms with Crippen molar-refractivity contribution in [3.63, 3.8) is 0 Å². The standard InChI is InChI=1S/C21H20F2N4O3/c1-12-8-18(30-11-15-16(22)4-3-5-17(15)23)20-25-13(2)19(27(20)9-12)21(29)26-14(10-28)6-7-24/h3-5,8-9,14,28H,6,10-11H2,1-2H3,(H,26,29). The lowest BCUT2D eigenvalue weighted by molar-refractivity contribution is 0.0911. The summed E-state index contributed by atoms with van der Waals surface area (Å²) in [7, 11) is 0. The van der Waals surface area contributed by atoms with Gasteiger partial charge in [-0.2, -0.15) is 5.26 Å². The molecule has 7 nitrogen and oxygen atoms in total. The molecule has 0 fully saturated rings. The summed E-state index contributed by atoms with van der Waals surface area (Å²) in [5.74, 6) is -1.68. The molecule has 1 atom stereocenters. The van der Waals surface area contributed by atoms with Gasteiger partial charge < -0.3 is 15.2 Å². The number of hydrogen-bond acceptors (Lipinski definition) is 5. The van der Waals surface area contributed by atoms with E-state index in [0.29, 0.717) is 11.3 Å². The van der Waals surface area contributed by atoms with E-state index in [1.54, 1.807) is 26.1 Å². The number of pyridine rings is 1. The molecular weight excluding hydrogens is 394 g/mol. The summed E-state index contributed by atoms with van der Waals surface area (Å²) in [6, 6.07) is 6.42. The van der Waals surface area contributed by atoms with Crippen LogP contribution < -0.4 is 10.1 Å². The lowest BCUT2D eigenvalue weighted by atomic mass is 10.2. The van der Waals surface area contributed by atoms with Crippen LogP contribution in [-0.2, 0) is 6.61 Å². The fourth-order valence-corrected chi connectivity index (χ4v) is 3.08. The summed E-state index contributed by atoms with van der Waals surface area (Å²) in [4.78, 5) is 17.1. The van der Waals surface area contributed by atoms with Crippen LogP contribution in [0.1, 0.15) is 33.7 Å². The van der Waals surface area contributed by atoms with Crippen LogP contribution in [0, 0.1) is 36.8 Å². The Bertz CT molecular complexity index is 1120. The van der Waals surface area contributed by atoms with Gasteiger partial charge in [0.05, 0.1) is 36.4 Å². The third-order valence-corrected chi connectivity index (χ3v) is 4.54. The molecule has 1 aromatic carbocycles. The third-order valence-electron chi connectivity index (χ3n) is 4.54. The molecule has 2 aromatic heterocycles. The smallest absolute Gasteiger partial charge is 0.270 e.